The molecule has 1 fully saturated rings. The van der Waals surface area contributed by atoms with E-state index < -0.39 is 0 Å². The molecular formula is C21H20N4O2. The van der Waals surface area contributed by atoms with Gasteiger partial charge in [0.25, 0.3) is 5.56 Å². The number of nitrogens with zero attached hydrogens (tertiary/aromatic N) is 3. The van der Waals surface area contributed by atoms with Crippen LogP contribution in [-0.2, 0) is 0 Å². The Kier molecular flexibility index (Phi) is 4.38. The lowest BCUT2D eigenvalue weighted by molar-refractivity contribution is 0.414. The Morgan fingerprint density at radius 2 is 2.07 bits per heavy atom. The molecule has 6 heteroatoms. The van der Waals surface area contributed by atoms with Crippen molar-refractivity contribution < 1.29 is 4.74 Å². The number of methoxy groups -OCH3 is 1. The van der Waals surface area contributed by atoms with Crippen LogP contribution in [0.2, 0.25) is 0 Å². The van der Waals surface area contributed by atoms with Gasteiger partial charge in [-0.1, -0.05) is 0 Å². The highest BCUT2D eigenvalue weighted by Crippen LogP contribution is 2.26. The molecule has 4 rings (SSSR count). The molecule has 2 aromatic carbocycles. The van der Waals surface area contributed by atoms with E-state index in [4.69, 9.17) is 9.72 Å². The van der Waals surface area contributed by atoms with Crippen LogP contribution in [0.25, 0.3) is 16.6 Å². The molecule has 1 aliphatic rings. The third-order valence-electron chi connectivity index (χ3n) is 5.02. The molecule has 1 aliphatic heterocycles. The van der Waals surface area contributed by atoms with E-state index in [0.717, 1.165) is 36.4 Å². The number of aromatic nitrogens is 2. The van der Waals surface area contributed by atoms with Gasteiger partial charge in [0, 0.05) is 0 Å². The molecule has 6 nitrogen and oxygen atoms in total. The van der Waals surface area contributed by atoms with Crippen molar-refractivity contribution in [3.8, 4) is 17.5 Å². The summed E-state index contributed by atoms with van der Waals surface area (Å²) in [5.41, 5.74) is 2.54. The third-order valence-corrected chi connectivity index (χ3v) is 5.02. The average molecular weight is 360 g/mol. The van der Waals surface area contributed by atoms with E-state index in [2.05, 4.69) is 11.4 Å². The van der Waals surface area contributed by atoms with Crippen LogP contribution in [-0.4, -0.2) is 23.2 Å². The first-order chi connectivity index (χ1) is 13.1. The summed E-state index contributed by atoms with van der Waals surface area (Å²) in [6.45, 7) is 2.80. The summed E-state index contributed by atoms with van der Waals surface area (Å²) in [6, 6.07) is 12.9. The summed E-state index contributed by atoms with van der Waals surface area (Å²) in [5, 5.41) is 13.2. The molecule has 3 aromatic rings. The molecule has 0 saturated carbocycles. The topological polar surface area (TPSA) is 79.9 Å². The van der Waals surface area contributed by atoms with Crippen LogP contribution in [0, 0.1) is 18.3 Å². The molecule has 1 unspecified atom stereocenters. The van der Waals surface area contributed by atoms with Gasteiger partial charge in [0.15, 0.2) is 0 Å². The Morgan fingerprint density at radius 1 is 1.30 bits per heavy atom. The molecule has 27 heavy (non-hydrogen) atoms. The van der Waals surface area contributed by atoms with Crippen LogP contribution in [0.5, 0.6) is 5.75 Å². The van der Waals surface area contributed by atoms with Gasteiger partial charge in [-0.05, 0) is 68.3 Å². The summed E-state index contributed by atoms with van der Waals surface area (Å²) in [7, 11) is 1.61. The van der Waals surface area contributed by atoms with Crippen molar-refractivity contribution in [1.82, 2.24) is 14.9 Å². The van der Waals surface area contributed by atoms with Crippen LogP contribution < -0.4 is 15.6 Å². The number of hydrogen-bond donors (Lipinski definition) is 1. The minimum atomic E-state index is -0.158. The highest BCUT2D eigenvalue weighted by molar-refractivity contribution is 5.83. The lowest BCUT2D eigenvalue weighted by Crippen LogP contribution is -2.29. The van der Waals surface area contributed by atoms with Gasteiger partial charge < -0.3 is 10.1 Å². The fourth-order valence-corrected chi connectivity index (χ4v) is 3.66. The number of aryl methyl sites for hydroxylation is 1. The molecule has 0 bridgehead atoms. The van der Waals surface area contributed by atoms with E-state index in [1.54, 1.807) is 23.8 Å². The third kappa shape index (κ3) is 2.96. The van der Waals surface area contributed by atoms with E-state index in [9.17, 15) is 10.1 Å². The van der Waals surface area contributed by atoms with Crippen molar-refractivity contribution in [3.05, 3.63) is 63.7 Å². The van der Waals surface area contributed by atoms with Crippen LogP contribution in [0.4, 0.5) is 0 Å². The maximum Gasteiger partial charge on any atom is 0.266 e. The number of hydrogen-bond acceptors (Lipinski definition) is 5. The van der Waals surface area contributed by atoms with Crippen molar-refractivity contribution in [3.63, 3.8) is 0 Å². The van der Waals surface area contributed by atoms with E-state index in [1.165, 1.54) is 0 Å². The maximum atomic E-state index is 13.4. The van der Waals surface area contributed by atoms with Gasteiger partial charge in [0.1, 0.15) is 11.6 Å². The SMILES string of the molecule is COc1ccc(-n2c(C3CCCN3)nc3c(C)cc(C#N)cc3c2=O)cc1. The minimum absolute atomic E-state index is 0.0271. The van der Waals surface area contributed by atoms with E-state index in [0.29, 0.717) is 22.3 Å². The Labute approximate surface area is 157 Å². The number of ether oxygens (including phenoxy) is 1. The Bertz CT molecular complexity index is 1100. The Balaban J connectivity index is 2.04. The van der Waals surface area contributed by atoms with E-state index in [1.807, 2.05) is 31.2 Å². The average Bonchev–Trinajstić information content (AvgIpc) is 3.23. The van der Waals surface area contributed by atoms with Gasteiger partial charge in [-0.3, -0.25) is 9.36 Å². The number of nitrogens with one attached hydrogen (secondary N) is 1. The molecule has 0 amide bonds. The molecule has 0 spiro atoms. The molecule has 2 heterocycles. The smallest absolute Gasteiger partial charge is 0.266 e. The predicted octanol–water partition coefficient (Wildman–Crippen LogP) is 3.00. The minimum Gasteiger partial charge on any atom is -0.497 e. The summed E-state index contributed by atoms with van der Waals surface area (Å²) < 4.78 is 6.89. The van der Waals surface area contributed by atoms with Crippen molar-refractivity contribution in [2.24, 2.45) is 0 Å². The molecule has 0 radical (unpaired) electrons. The summed E-state index contributed by atoms with van der Waals surface area (Å²) >= 11 is 0. The quantitative estimate of drug-likeness (QED) is 0.777. The highest BCUT2D eigenvalue weighted by atomic mass is 16.5. The zero-order valence-corrected chi connectivity index (χ0v) is 15.3. The van der Waals surface area contributed by atoms with Gasteiger partial charge in [-0.25, -0.2) is 4.98 Å². The number of benzene rings is 2. The fraction of sp³-hybridized carbons (Fsp3) is 0.286. The Hall–Kier alpha value is -3.17. The van der Waals surface area contributed by atoms with Crippen molar-refractivity contribution in [1.29, 1.82) is 5.26 Å². The van der Waals surface area contributed by atoms with Crippen molar-refractivity contribution in [2.45, 2.75) is 25.8 Å². The maximum absolute atomic E-state index is 13.4. The first-order valence-corrected chi connectivity index (χ1v) is 8.97. The van der Waals surface area contributed by atoms with Crippen LogP contribution >= 0.6 is 0 Å². The Morgan fingerprint density at radius 3 is 2.70 bits per heavy atom. The largest absolute Gasteiger partial charge is 0.497 e. The number of nitriles is 1. The molecular weight excluding hydrogens is 340 g/mol. The number of rotatable bonds is 3. The second-order valence-corrected chi connectivity index (χ2v) is 6.76. The first kappa shape index (κ1) is 17.3. The van der Waals surface area contributed by atoms with E-state index >= 15 is 0 Å². The van der Waals surface area contributed by atoms with Crippen LogP contribution in [0.1, 0.15) is 35.8 Å². The molecule has 136 valence electrons. The highest BCUT2D eigenvalue weighted by Gasteiger charge is 2.24. The molecule has 1 atom stereocenters. The standard InChI is InChI=1S/C21H20N4O2/c1-13-10-14(12-22)11-17-19(13)24-20(18-4-3-9-23-18)25(21(17)26)15-5-7-16(27-2)8-6-15/h5-8,10-11,18,23H,3-4,9H2,1-2H3. The van der Waals surface area contributed by atoms with Gasteiger partial charge in [-0.2, -0.15) is 5.26 Å². The molecule has 0 aliphatic carbocycles. The second-order valence-electron chi connectivity index (χ2n) is 6.76. The van der Waals surface area contributed by atoms with Crippen LogP contribution in [0.3, 0.4) is 0 Å². The second kappa shape index (κ2) is 6.86. The zero-order valence-electron chi connectivity index (χ0n) is 15.3. The monoisotopic (exact) mass is 360 g/mol. The molecule has 1 saturated heterocycles. The van der Waals surface area contributed by atoms with Gasteiger partial charge in [0.05, 0.1) is 41.4 Å². The van der Waals surface area contributed by atoms with Crippen molar-refractivity contribution in [2.75, 3.05) is 13.7 Å². The van der Waals surface area contributed by atoms with Gasteiger partial charge in [-0.15, -0.1) is 0 Å². The van der Waals surface area contributed by atoms with Gasteiger partial charge >= 0.3 is 0 Å². The summed E-state index contributed by atoms with van der Waals surface area (Å²) in [5.74, 6) is 1.44. The summed E-state index contributed by atoms with van der Waals surface area (Å²) in [4.78, 5) is 18.3. The first-order valence-electron chi connectivity index (χ1n) is 8.97. The van der Waals surface area contributed by atoms with E-state index in [-0.39, 0.29) is 11.6 Å². The van der Waals surface area contributed by atoms with Gasteiger partial charge in [0.2, 0.25) is 0 Å². The predicted molar refractivity (Wildman–Crippen MR) is 103 cm³/mol. The summed E-state index contributed by atoms with van der Waals surface area (Å²) in [6.07, 6.45) is 1.98. The number of fused-ring (bicyclic) bond motifs is 1. The van der Waals surface area contributed by atoms with Crippen molar-refractivity contribution >= 4 is 10.9 Å². The normalized spacial score (nSPS) is 16.4. The molecule has 1 N–H and O–H groups in total. The zero-order chi connectivity index (χ0) is 19.0. The lowest BCUT2D eigenvalue weighted by Gasteiger charge is -2.19. The molecule has 1 aromatic heterocycles. The fourth-order valence-electron chi connectivity index (χ4n) is 3.66. The van der Waals surface area contributed by atoms with Crippen LogP contribution in [0.15, 0.2) is 41.2 Å². The lowest BCUT2D eigenvalue weighted by atomic mass is 10.1.